The molecule has 0 radical (unpaired) electrons. The number of halogens is 1. The second-order valence-electron chi connectivity index (χ2n) is 7.19. The third-order valence-electron chi connectivity index (χ3n) is 5.37. The summed E-state index contributed by atoms with van der Waals surface area (Å²) in [5, 5.41) is 0. The molecule has 0 aliphatic heterocycles. The number of ether oxygens (including phenoxy) is 1. The maximum absolute atomic E-state index is 11.3. The fourth-order valence-corrected chi connectivity index (χ4v) is 5.74. The highest BCUT2D eigenvalue weighted by Gasteiger charge is 2.52. The van der Waals surface area contributed by atoms with Crippen molar-refractivity contribution in [2.24, 2.45) is 17.8 Å². The van der Waals surface area contributed by atoms with E-state index in [9.17, 15) is 9.46 Å². The summed E-state index contributed by atoms with van der Waals surface area (Å²) in [6, 6.07) is 7.01. The molecule has 0 saturated heterocycles. The van der Waals surface area contributed by atoms with Gasteiger partial charge in [0.15, 0.2) is 11.5 Å². The van der Waals surface area contributed by atoms with Crippen LogP contribution in [0.5, 0.6) is 11.5 Å². The van der Waals surface area contributed by atoms with E-state index in [1.165, 1.54) is 19.3 Å². The molecule has 5 rings (SSSR count). The van der Waals surface area contributed by atoms with Crippen molar-refractivity contribution in [1.29, 1.82) is 0 Å². The molecule has 1 unspecified atom stereocenters. The Labute approximate surface area is 135 Å². The quantitative estimate of drug-likeness (QED) is 0.802. The molecule has 4 saturated carbocycles. The van der Waals surface area contributed by atoms with Gasteiger partial charge in [-0.05, 0) is 68.4 Å². The molecule has 22 heavy (non-hydrogen) atoms. The summed E-state index contributed by atoms with van der Waals surface area (Å²) in [7, 11) is 0. The molecule has 1 aromatic rings. The van der Waals surface area contributed by atoms with E-state index in [2.05, 4.69) is 0 Å². The van der Waals surface area contributed by atoms with E-state index in [1.54, 1.807) is 18.2 Å². The molecule has 0 spiro atoms. The highest BCUT2D eigenvalue weighted by molar-refractivity contribution is 7.80. The molecule has 1 atom stereocenters. The zero-order valence-corrected chi connectivity index (χ0v) is 13.9. The summed E-state index contributed by atoms with van der Waals surface area (Å²) >= 11 is 5.35. The van der Waals surface area contributed by atoms with Crippen molar-refractivity contribution in [2.75, 3.05) is 0 Å². The first-order chi connectivity index (χ1) is 10.4. The fourth-order valence-electron chi connectivity index (χ4n) is 5.12. The molecule has 4 aliphatic carbocycles. The average molecular weight is 343 g/mol. The van der Waals surface area contributed by atoms with Crippen LogP contribution in [0.4, 0.5) is 0 Å². The van der Waals surface area contributed by atoms with Gasteiger partial charge in [-0.3, -0.25) is 0 Å². The minimum atomic E-state index is -4.11. The van der Waals surface area contributed by atoms with Crippen LogP contribution in [-0.4, -0.2) is 10.5 Å². The number of rotatable bonds is 4. The standard InChI is InChI=1S/C16H20ClO4P/c17-22(18,19)21-15-4-2-1-3-14(15)20-16-8-11-5-12(9-16)7-13(6-11)10-16/h1-4,11-13H,5-10H2,(H,18,19). The molecule has 0 heterocycles. The third kappa shape index (κ3) is 2.89. The zero-order valence-electron chi connectivity index (χ0n) is 12.3. The molecular formula is C16H20ClO4P. The van der Waals surface area contributed by atoms with Gasteiger partial charge >= 0.3 is 6.95 Å². The van der Waals surface area contributed by atoms with E-state index in [-0.39, 0.29) is 11.4 Å². The summed E-state index contributed by atoms with van der Waals surface area (Å²) in [5.41, 5.74) is -0.125. The van der Waals surface area contributed by atoms with E-state index in [4.69, 9.17) is 20.5 Å². The molecular weight excluding hydrogens is 323 g/mol. The second kappa shape index (κ2) is 5.15. The van der Waals surface area contributed by atoms with Crippen molar-refractivity contribution in [1.82, 2.24) is 0 Å². The third-order valence-corrected chi connectivity index (χ3v) is 6.00. The van der Waals surface area contributed by atoms with Gasteiger partial charge in [0, 0.05) is 11.2 Å². The Morgan fingerprint density at radius 2 is 1.55 bits per heavy atom. The lowest BCUT2D eigenvalue weighted by Gasteiger charge is -2.56. The monoisotopic (exact) mass is 342 g/mol. The highest BCUT2D eigenvalue weighted by Crippen LogP contribution is 2.58. The highest BCUT2D eigenvalue weighted by atomic mass is 35.7. The molecule has 4 fully saturated rings. The molecule has 1 aromatic carbocycles. The fraction of sp³-hybridized carbons (Fsp3) is 0.625. The average Bonchev–Trinajstić information content (AvgIpc) is 2.37. The van der Waals surface area contributed by atoms with Crippen LogP contribution >= 0.6 is 18.2 Å². The summed E-state index contributed by atoms with van der Waals surface area (Å²) in [5.74, 6) is 3.10. The number of benzene rings is 1. The van der Waals surface area contributed by atoms with Gasteiger partial charge in [0.1, 0.15) is 5.60 Å². The predicted molar refractivity (Wildman–Crippen MR) is 84.3 cm³/mol. The van der Waals surface area contributed by atoms with Crippen molar-refractivity contribution >= 4 is 18.2 Å². The first-order valence-electron chi connectivity index (χ1n) is 7.91. The molecule has 1 N–H and O–H groups in total. The van der Waals surface area contributed by atoms with Gasteiger partial charge in [0.05, 0.1) is 0 Å². The molecule has 6 heteroatoms. The van der Waals surface area contributed by atoms with Gasteiger partial charge in [-0.25, -0.2) is 4.57 Å². The van der Waals surface area contributed by atoms with Crippen LogP contribution < -0.4 is 9.26 Å². The van der Waals surface area contributed by atoms with Gasteiger partial charge in [-0.15, -0.1) is 0 Å². The Morgan fingerprint density at radius 1 is 1.05 bits per heavy atom. The van der Waals surface area contributed by atoms with Crippen molar-refractivity contribution < 1.29 is 18.7 Å². The van der Waals surface area contributed by atoms with Crippen LogP contribution in [0.25, 0.3) is 0 Å². The van der Waals surface area contributed by atoms with Crippen LogP contribution in [0, 0.1) is 17.8 Å². The smallest absolute Gasteiger partial charge is 0.474 e. The molecule has 120 valence electrons. The van der Waals surface area contributed by atoms with Crippen molar-refractivity contribution in [3.8, 4) is 11.5 Å². The van der Waals surface area contributed by atoms with Crippen LogP contribution in [-0.2, 0) is 4.57 Å². The van der Waals surface area contributed by atoms with Gasteiger partial charge in [-0.2, -0.15) is 0 Å². The summed E-state index contributed by atoms with van der Waals surface area (Å²) < 4.78 is 22.7. The maximum Gasteiger partial charge on any atom is 0.474 e. The molecule has 4 nitrogen and oxygen atoms in total. The maximum atomic E-state index is 11.3. The molecule has 0 amide bonds. The summed E-state index contributed by atoms with van der Waals surface area (Å²) in [6.07, 6.45) is 7.29. The molecule has 4 aliphatic rings. The van der Waals surface area contributed by atoms with E-state index in [0.29, 0.717) is 5.75 Å². The number of hydrogen-bond donors (Lipinski definition) is 1. The first kappa shape index (κ1) is 14.9. The Kier molecular flexibility index (Phi) is 3.48. The minimum absolute atomic E-state index is 0.125. The first-order valence-corrected chi connectivity index (χ1v) is 10.4. The molecule has 4 bridgehead atoms. The Balaban J connectivity index is 1.60. The Morgan fingerprint density at radius 3 is 2.05 bits per heavy atom. The van der Waals surface area contributed by atoms with Gasteiger partial charge in [0.2, 0.25) is 0 Å². The van der Waals surface area contributed by atoms with E-state index >= 15 is 0 Å². The lowest BCUT2D eigenvalue weighted by molar-refractivity contribution is -0.108. The zero-order chi connectivity index (χ0) is 15.4. The Bertz CT molecular complexity index is 591. The van der Waals surface area contributed by atoms with Gasteiger partial charge in [-0.1, -0.05) is 12.1 Å². The predicted octanol–water partition coefficient (Wildman–Crippen LogP) is 4.75. The Hall–Kier alpha value is -0.700. The molecule has 0 aromatic heterocycles. The summed E-state index contributed by atoms with van der Waals surface area (Å²) in [6.45, 7) is -4.11. The normalized spacial score (nSPS) is 38.5. The lowest BCUT2D eigenvalue weighted by atomic mass is 9.54. The number of para-hydroxylation sites is 2. The van der Waals surface area contributed by atoms with Crippen LogP contribution in [0.15, 0.2) is 24.3 Å². The topological polar surface area (TPSA) is 55.8 Å². The second-order valence-corrected chi connectivity index (χ2v) is 9.56. The van der Waals surface area contributed by atoms with Gasteiger partial charge in [0.25, 0.3) is 0 Å². The largest absolute Gasteiger partial charge is 0.483 e. The van der Waals surface area contributed by atoms with Crippen LogP contribution in [0.2, 0.25) is 0 Å². The van der Waals surface area contributed by atoms with Crippen LogP contribution in [0.3, 0.4) is 0 Å². The number of hydrogen-bond acceptors (Lipinski definition) is 3. The summed E-state index contributed by atoms with van der Waals surface area (Å²) in [4.78, 5) is 9.27. The van der Waals surface area contributed by atoms with E-state index in [1.807, 2.05) is 6.07 Å². The van der Waals surface area contributed by atoms with Crippen molar-refractivity contribution in [3.63, 3.8) is 0 Å². The van der Waals surface area contributed by atoms with Gasteiger partial charge < -0.3 is 14.2 Å². The van der Waals surface area contributed by atoms with E-state index in [0.717, 1.165) is 37.0 Å². The lowest BCUT2D eigenvalue weighted by Crippen LogP contribution is -2.53. The SMILES string of the molecule is O=P(O)(Cl)Oc1ccccc1OC12CC3CC(CC(C3)C1)C2. The van der Waals surface area contributed by atoms with E-state index < -0.39 is 6.95 Å². The van der Waals surface area contributed by atoms with Crippen molar-refractivity contribution in [3.05, 3.63) is 24.3 Å². The minimum Gasteiger partial charge on any atom is -0.483 e. The van der Waals surface area contributed by atoms with Crippen LogP contribution in [0.1, 0.15) is 38.5 Å². The van der Waals surface area contributed by atoms with Crippen molar-refractivity contribution in [2.45, 2.75) is 44.1 Å².